The number of phenols is 1. The monoisotopic (exact) mass is 388 g/mol. The zero-order chi connectivity index (χ0) is 19.6. The number of benzene rings is 1. The number of rotatable bonds is 2. The predicted molar refractivity (Wildman–Crippen MR) is 96.8 cm³/mol. The van der Waals surface area contributed by atoms with Gasteiger partial charge in [0.2, 0.25) is 0 Å². The van der Waals surface area contributed by atoms with Crippen molar-refractivity contribution < 1.29 is 34.4 Å². The van der Waals surface area contributed by atoms with Gasteiger partial charge in [-0.05, 0) is 30.9 Å². The van der Waals surface area contributed by atoms with Crippen molar-refractivity contribution in [1.29, 1.82) is 0 Å². The summed E-state index contributed by atoms with van der Waals surface area (Å²) >= 11 is 0. The van der Waals surface area contributed by atoms with E-state index in [4.69, 9.17) is 4.74 Å². The molecule has 6 rings (SSSR count). The van der Waals surface area contributed by atoms with E-state index in [0.717, 1.165) is 19.4 Å². The lowest BCUT2D eigenvalue weighted by Gasteiger charge is -2.66. The number of Topliss-reactive ketones (excluding diaryl/α,β-unsaturated/α-hetero) is 1. The van der Waals surface area contributed by atoms with Gasteiger partial charge in [-0.25, -0.2) is 0 Å². The summed E-state index contributed by atoms with van der Waals surface area (Å²) in [6, 6.07) is 2.56. The maximum absolute atomic E-state index is 12.9. The van der Waals surface area contributed by atoms with Crippen molar-refractivity contribution in [3.05, 3.63) is 23.3 Å². The van der Waals surface area contributed by atoms with E-state index in [-0.39, 0.29) is 30.1 Å². The highest BCUT2D eigenvalue weighted by Gasteiger charge is 2.81. The van der Waals surface area contributed by atoms with Crippen LogP contribution < -0.4 is 4.74 Å². The maximum atomic E-state index is 12.9. The molecule has 2 bridgehead atoms. The Morgan fingerprint density at radius 1 is 1.29 bits per heavy atom. The molecule has 0 aromatic heterocycles. The number of likely N-dealkylation sites (tertiary alicyclic amines) is 1. The molecule has 2 heterocycles. The van der Waals surface area contributed by atoms with E-state index in [0.29, 0.717) is 28.1 Å². The number of carbonyl (C=O) groups excluding carboxylic acids is 1. The van der Waals surface area contributed by atoms with Gasteiger partial charge in [0.25, 0.3) is 0 Å². The van der Waals surface area contributed by atoms with Gasteiger partial charge in [-0.1, -0.05) is 6.07 Å². The second kappa shape index (κ2) is 4.90. The molecule has 2 saturated carbocycles. The van der Waals surface area contributed by atoms with Gasteiger partial charge < -0.3 is 29.6 Å². The highest BCUT2D eigenvalue weighted by Crippen LogP contribution is 2.67. The fourth-order valence-electron chi connectivity index (χ4n) is 7.18. The van der Waals surface area contributed by atoms with E-state index in [9.17, 15) is 25.2 Å². The van der Waals surface area contributed by atoms with Crippen LogP contribution in [-0.2, 0) is 10.2 Å². The zero-order valence-corrected chi connectivity index (χ0v) is 15.8. The van der Waals surface area contributed by atoms with Gasteiger partial charge >= 0.3 is 0 Å². The number of aliphatic hydroxyl groups excluding tert-OH is 2. The molecule has 2 aliphatic heterocycles. The molecule has 1 aromatic carbocycles. The van der Waals surface area contributed by atoms with Crippen molar-refractivity contribution in [2.75, 3.05) is 20.1 Å². The van der Waals surface area contributed by atoms with Crippen molar-refractivity contribution in [1.82, 2.24) is 0 Å². The molecule has 1 saturated heterocycles. The molecule has 1 aromatic rings. The largest absolute Gasteiger partial charge is 0.504 e. The Hall–Kier alpha value is -1.67. The molecule has 28 heavy (non-hydrogen) atoms. The number of aromatic hydroxyl groups is 1. The summed E-state index contributed by atoms with van der Waals surface area (Å²) in [5.41, 5.74) is -1.84. The van der Waals surface area contributed by atoms with Crippen LogP contribution in [-0.4, -0.2) is 74.7 Å². The summed E-state index contributed by atoms with van der Waals surface area (Å²) in [6.07, 6.45) is -0.429. The average Bonchev–Trinajstić information content (AvgIpc) is 3.33. The number of carbonyl (C=O) groups is 1. The van der Waals surface area contributed by atoms with E-state index >= 15 is 0 Å². The standard InChI is InChI=1S/C21H25NO6/c1-22(8-10-2-3-10)9-14(25)21-15-11-4-5-12(23)17(15)28-19(21)13(24)6-7-20(21,27)18(22)16(11)26/h4-5,10,14,16,18-19,25-27H,2-3,6-9H2,1H3/p+1/t14-,16?,18-,19+,20-,21+,22+/m1/s1. The molecule has 5 aliphatic rings. The normalized spacial score (nSPS) is 48.2. The fraction of sp³-hybridized carbons (Fsp3) is 0.667. The third kappa shape index (κ3) is 1.66. The second-order valence-electron chi connectivity index (χ2n) is 9.83. The molecule has 7 nitrogen and oxygen atoms in total. The summed E-state index contributed by atoms with van der Waals surface area (Å²) in [5.74, 6) is 0.376. The number of piperidine rings is 1. The number of hydrogen-bond donors (Lipinski definition) is 4. The second-order valence-corrected chi connectivity index (χ2v) is 9.83. The fourth-order valence-corrected chi connectivity index (χ4v) is 7.18. The average molecular weight is 388 g/mol. The molecule has 3 fully saturated rings. The lowest BCUT2D eigenvalue weighted by molar-refractivity contribution is -0.958. The number of hydrogen-bond acceptors (Lipinski definition) is 6. The van der Waals surface area contributed by atoms with Gasteiger partial charge in [-0.15, -0.1) is 0 Å². The lowest BCUT2D eigenvalue weighted by atomic mass is 9.47. The number of likely N-dealkylation sites (N-methyl/N-ethyl adjacent to an activating group) is 1. The minimum absolute atomic E-state index is 0.128. The first-order valence-corrected chi connectivity index (χ1v) is 10.2. The van der Waals surface area contributed by atoms with Crippen LogP contribution in [0.4, 0.5) is 0 Å². The van der Waals surface area contributed by atoms with Crippen LogP contribution in [0.15, 0.2) is 12.1 Å². The molecule has 150 valence electrons. The summed E-state index contributed by atoms with van der Waals surface area (Å²) < 4.78 is 6.31. The highest BCUT2D eigenvalue weighted by atomic mass is 16.5. The first-order chi connectivity index (χ1) is 13.2. The molecule has 7 atom stereocenters. The summed E-state index contributed by atoms with van der Waals surface area (Å²) in [6.45, 7) is 1.12. The Morgan fingerprint density at radius 3 is 2.75 bits per heavy atom. The number of nitrogens with zero attached hydrogens (tertiary/aromatic N) is 1. The van der Waals surface area contributed by atoms with Crippen LogP contribution in [0.3, 0.4) is 0 Å². The Labute approximate surface area is 162 Å². The van der Waals surface area contributed by atoms with E-state index in [1.54, 1.807) is 6.07 Å². The Kier molecular flexibility index (Phi) is 3.01. The minimum atomic E-state index is -1.49. The number of phenolic OH excluding ortho intramolecular Hbond substituents is 1. The molecule has 1 spiro atoms. The molecular formula is C21H26NO6+. The van der Waals surface area contributed by atoms with Crippen LogP contribution in [0.25, 0.3) is 0 Å². The molecule has 7 heteroatoms. The Balaban J connectivity index is 1.67. The van der Waals surface area contributed by atoms with Crippen molar-refractivity contribution >= 4 is 5.78 Å². The third-order valence-corrected chi connectivity index (χ3v) is 8.26. The summed E-state index contributed by atoms with van der Waals surface area (Å²) in [5, 5.41) is 45.5. The third-order valence-electron chi connectivity index (χ3n) is 8.26. The van der Waals surface area contributed by atoms with E-state index < -0.39 is 35.4 Å². The highest BCUT2D eigenvalue weighted by molar-refractivity contribution is 5.90. The quantitative estimate of drug-likeness (QED) is 0.537. The molecule has 1 unspecified atom stereocenters. The minimum Gasteiger partial charge on any atom is -0.504 e. The van der Waals surface area contributed by atoms with Gasteiger partial charge in [-0.2, -0.15) is 0 Å². The summed E-state index contributed by atoms with van der Waals surface area (Å²) in [7, 11) is 2.01. The molecule has 3 aliphatic carbocycles. The number of ether oxygens (including phenoxy) is 1. The Bertz CT molecular complexity index is 914. The first kappa shape index (κ1) is 17.2. The zero-order valence-electron chi connectivity index (χ0n) is 15.8. The SMILES string of the molecule is C[N@+]1(CC2CC2)C[C@@H](O)[C@]23c4c5ccc(O)c4O[C@H]2C(=O)CC[C@@]3(O)[C@H]1C5O. The van der Waals surface area contributed by atoms with Crippen LogP contribution in [0.5, 0.6) is 11.5 Å². The topological polar surface area (TPSA) is 107 Å². The Morgan fingerprint density at radius 2 is 2.04 bits per heavy atom. The molecular weight excluding hydrogens is 362 g/mol. The van der Waals surface area contributed by atoms with Gasteiger partial charge in [0.15, 0.2) is 23.4 Å². The predicted octanol–water partition coefficient (Wildman–Crippen LogP) is 0.132. The molecule has 4 N–H and O–H groups in total. The van der Waals surface area contributed by atoms with Gasteiger partial charge in [-0.3, -0.25) is 4.79 Å². The van der Waals surface area contributed by atoms with Crippen molar-refractivity contribution in [3.63, 3.8) is 0 Å². The van der Waals surface area contributed by atoms with Crippen molar-refractivity contribution in [2.24, 2.45) is 5.92 Å². The van der Waals surface area contributed by atoms with E-state index in [2.05, 4.69) is 0 Å². The number of ketones is 1. The van der Waals surface area contributed by atoms with E-state index in [1.807, 2.05) is 7.05 Å². The van der Waals surface area contributed by atoms with Crippen LogP contribution in [0.1, 0.15) is 42.9 Å². The van der Waals surface area contributed by atoms with Crippen molar-refractivity contribution in [2.45, 2.75) is 61.1 Å². The van der Waals surface area contributed by atoms with Gasteiger partial charge in [0, 0.05) is 17.9 Å². The maximum Gasteiger partial charge on any atom is 0.174 e. The van der Waals surface area contributed by atoms with E-state index in [1.165, 1.54) is 6.07 Å². The van der Waals surface area contributed by atoms with Crippen LogP contribution >= 0.6 is 0 Å². The number of aliphatic hydroxyl groups is 3. The molecule has 0 amide bonds. The molecule has 0 radical (unpaired) electrons. The smallest absolute Gasteiger partial charge is 0.174 e. The van der Waals surface area contributed by atoms with Crippen molar-refractivity contribution in [3.8, 4) is 11.5 Å². The number of quaternary nitrogens is 1. The van der Waals surface area contributed by atoms with Gasteiger partial charge in [0.05, 0.1) is 13.6 Å². The lowest BCUT2D eigenvalue weighted by Crippen LogP contribution is -2.85. The summed E-state index contributed by atoms with van der Waals surface area (Å²) in [4.78, 5) is 12.9. The first-order valence-electron chi connectivity index (χ1n) is 10.2. The van der Waals surface area contributed by atoms with Crippen LogP contribution in [0.2, 0.25) is 0 Å². The van der Waals surface area contributed by atoms with Crippen LogP contribution in [0, 0.1) is 5.92 Å². The van der Waals surface area contributed by atoms with Gasteiger partial charge in [0.1, 0.15) is 35.8 Å².